The molecule has 220 valence electrons. The van der Waals surface area contributed by atoms with E-state index in [0.29, 0.717) is 0 Å². The van der Waals surface area contributed by atoms with Gasteiger partial charge in [0.2, 0.25) is 0 Å². The summed E-state index contributed by atoms with van der Waals surface area (Å²) in [5.74, 6) is 0. The molecule has 7 rings (SSSR count). The summed E-state index contributed by atoms with van der Waals surface area (Å²) in [6.07, 6.45) is 8.48. The Bertz CT molecular complexity index is 2100. The van der Waals surface area contributed by atoms with Gasteiger partial charge < -0.3 is 5.32 Å². The Labute approximate surface area is 275 Å². The summed E-state index contributed by atoms with van der Waals surface area (Å²) in [6.45, 7) is 0. The monoisotopic (exact) mass is 607 g/mol. The topological polar surface area (TPSA) is 12.0 Å². The van der Waals surface area contributed by atoms with Crippen LogP contribution in [0.1, 0.15) is 16.7 Å². The van der Waals surface area contributed by atoms with Gasteiger partial charge in [-0.05, 0) is 86.1 Å². The fourth-order valence-electron chi connectivity index (χ4n) is 5.53. The van der Waals surface area contributed by atoms with E-state index in [0.717, 1.165) is 11.3 Å². The summed E-state index contributed by atoms with van der Waals surface area (Å²) in [4.78, 5) is 2.52. The Hall–Kier alpha value is -5.57. The Balaban J connectivity index is 0.973. The quantitative estimate of drug-likeness (QED) is 0.164. The lowest BCUT2D eigenvalue weighted by Gasteiger charge is -2.08. The lowest BCUT2D eigenvalue weighted by atomic mass is 10.0. The minimum absolute atomic E-state index is 1.05. The number of benzene rings is 7. The fourth-order valence-corrected chi connectivity index (χ4v) is 6.50. The molecule has 0 saturated carbocycles. The van der Waals surface area contributed by atoms with Crippen molar-refractivity contribution in [1.82, 2.24) is 0 Å². The van der Waals surface area contributed by atoms with Crippen LogP contribution in [0, 0.1) is 0 Å². The van der Waals surface area contributed by atoms with E-state index in [1.165, 1.54) is 53.9 Å². The Morgan fingerprint density at radius 3 is 1.72 bits per heavy atom. The normalized spacial score (nSPS) is 11.4. The van der Waals surface area contributed by atoms with Crippen molar-refractivity contribution >= 4 is 46.4 Å². The zero-order valence-electron chi connectivity index (χ0n) is 25.4. The molecule has 0 unspecified atom stereocenters. The number of rotatable bonds is 9. The smallest absolute Gasteiger partial charge is 0.0380 e. The first-order valence-corrected chi connectivity index (χ1v) is 16.3. The van der Waals surface area contributed by atoms with Crippen LogP contribution in [0.3, 0.4) is 0 Å². The molecule has 0 radical (unpaired) electrons. The van der Waals surface area contributed by atoms with Gasteiger partial charge in [-0.15, -0.1) is 0 Å². The molecule has 1 N–H and O–H groups in total. The highest BCUT2D eigenvalue weighted by Gasteiger charge is 2.04. The molecule has 0 bridgehead atoms. The minimum Gasteiger partial charge on any atom is -0.362 e. The zero-order chi connectivity index (χ0) is 31.0. The van der Waals surface area contributed by atoms with Crippen LogP contribution in [0.4, 0.5) is 5.69 Å². The van der Waals surface area contributed by atoms with Gasteiger partial charge >= 0.3 is 0 Å². The standard InChI is InChI=1S/C44H33NS/c1-2-9-34(10-3-1)37-21-18-33(19-22-37)17-20-35-11-4-5-12-36(35)31-32-45-41-27-23-38(24-28-41)39-25-29-42(30-26-39)46-44-16-8-14-40-13-6-7-15-43(40)44/h1-32,45H/b20-17-,32-31+. The highest BCUT2D eigenvalue weighted by Crippen LogP contribution is 2.34. The molecule has 46 heavy (non-hydrogen) atoms. The first-order valence-electron chi connectivity index (χ1n) is 15.5. The van der Waals surface area contributed by atoms with Crippen molar-refractivity contribution in [2.24, 2.45) is 0 Å². The van der Waals surface area contributed by atoms with Crippen LogP contribution < -0.4 is 5.32 Å². The van der Waals surface area contributed by atoms with E-state index in [9.17, 15) is 0 Å². The summed E-state index contributed by atoms with van der Waals surface area (Å²) < 4.78 is 0. The second kappa shape index (κ2) is 14.0. The van der Waals surface area contributed by atoms with Gasteiger partial charge in [0.1, 0.15) is 0 Å². The van der Waals surface area contributed by atoms with Gasteiger partial charge in [0.15, 0.2) is 0 Å². The maximum Gasteiger partial charge on any atom is 0.0380 e. The highest BCUT2D eigenvalue weighted by atomic mass is 32.2. The fraction of sp³-hybridized carbons (Fsp3) is 0. The van der Waals surface area contributed by atoms with Crippen LogP contribution in [0.25, 0.3) is 51.3 Å². The molecule has 0 fully saturated rings. The maximum absolute atomic E-state index is 3.44. The van der Waals surface area contributed by atoms with Crippen molar-refractivity contribution in [3.05, 3.63) is 193 Å². The van der Waals surface area contributed by atoms with Crippen molar-refractivity contribution in [2.75, 3.05) is 5.32 Å². The SMILES string of the molecule is C(=C/c1ccccc1/C=C/Nc1ccc(-c2ccc(Sc3cccc4ccccc34)cc2)cc1)/c1ccc(-c2ccccc2)cc1. The third kappa shape index (κ3) is 7.04. The van der Waals surface area contributed by atoms with Crippen molar-refractivity contribution in [2.45, 2.75) is 9.79 Å². The van der Waals surface area contributed by atoms with Crippen molar-refractivity contribution in [1.29, 1.82) is 0 Å². The third-order valence-corrected chi connectivity index (χ3v) is 9.12. The molecule has 7 aromatic rings. The predicted octanol–water partition coefficient (Wildman–Crippen LogP) is 12.6. The van der Waals surface area contributed by atoms with Gasteiger partial charge in [-0.2, -0.15) is 0 Å². The van der Waals surface area contributed by atoms with E-state index < -0.39 is 0 Å². The van der Waals surface area contributed by atoms with E-state index in [1.54, 1.807) is 0 Å². The van der Waals surface area contributed by atoms with Crippen LogP contribution in [0.2, 0.25) is 0 Å². The Morgan fingerprint density at radius 1 is 0.413 bits per heavy atom. The zero-order valence-corrected chi connectivity index (χ0v) is 26.2. The minimum atomic E-state index is 1.05. The van der Waals surface area contributed by atoms with Gasteiger partial charge in [0.05, 0.1) is 0 Å². The highest BCUT2D eigenvalue weighted by molar-refractivity contribution is 7.99. The van der Waals surface area contributed by atoms with Crippen LogP contribution in [0.5, 0.6) is 0 Å². The maximum atomic E-state index is 3.44. The lowest BCUT2D eigenvalue weighted by Crippen LogP contribution is -1.88. The molecule has 0 heterocycles. The lowest BCUT2D eigenvalue weighted by molar-refractivity contribution is 1.43. The molecule has 0 aromatic heterocycles. The van der Waals surface area contributed by atoms with E-state index in [4.69, 9.17) is 0 Å². The number of fused-ring (bicyclic) bond motifs is 1. The van der Waals surface area contributed by atoms with Gasteiger partial charge in [-0.25, -0.2) is 0 Å². The second-order valence-corrected chi connectivity index (χ2v) is 12.2. The number of hydrogen-bond donors (Lipinski definition) is 1. The molecule has 0 spiro atoms. The number of anilines is 1. The second-order valence-electron chi connectivity index (χ2n) is 11.1. The molecular weight excluding hydrogens is 575 g/mol. The van der Waals surface area contributed by atoms with Gasteiger partial charge in [0.25, 0.3) is 0 Å². The summed E-state index contributed by atoms with van der Waals surface area (Å²) in [5, 5.41) is 6.00. The Morgan fingerprint density at radius 2 is 0.978 bits per heavy atom. The molecule has 0 aliphatic heterocycles. The van der Waals surface area contributed by atoms with E-state index in [1.807, 2.05) is 24.0 Å². The molecule has 0 atom stereocenters. The van der Waals surface area contributed by atoms with E-state index >= 15 is 0 Å². The predicted molar refractivity (Wildman–Crippen MR) is 200 cm³/mol. The van der Waals surface area contributed by atoms with Gasteiger partial charge in [-0.3, -0.25) is 0 Å². The molecule has 0 amide bonds. The van der Waals surface area contributed by atoms with Crippen molar-refractivity contribution < 1.29 is 0 Å². The van der Waals surface area contributed by atoms with Crippen LogP contribution in [0.15, 0.2) is 186 Å². The van der Waals surface area contributed by atoms with Gasteiger partial charge in [0, 0.05) is 21.7 Å². The molecule has 7 aromatic carbocycles. The molecule has 0 saturated heterocycles. The third-order valence-electron chi connectivity index (χ3n) is 8.03. The summed E-state index contributed by atoms with van der Waals surface area (Å²) in [7, 11) is 0. The largest absolute Gasteiger partial charge is 0.362 e. The van der Waals surface area contributed by atoms with E-state index in [-0.39, 0.29) is 0 Å². The van der Waals surface area contributed by atoms with Crippen molar-refractivity contribution in [3.63, 3.8) is 0 Å². The number of nitrogens with one attached hydrogen (secondary N) is 1. The van der Waals surface area contributed by atoms with Gasteiger partial charge in [-0.1, -0.05) is 163 Å². The average molecular weight is 608 g/mol. The van der Waals surface area contributed by atoms with E-state index in [2.05, 4.69) is 187 Å². The molecule has 0 aliphatic rings. The van der Waals surface area contributed by atoms with Crippen LogP contribution >= 0.6 is 11.8 Å². The molecule has 2 heteroatoms. The average Bonchev–Trinajstić information content (AvgIpc) is 3.13. The summed E-state index contributed by atoms with van der Waals surface area (Å²) in [5.41, 5.74) is 9.42. The first kappa shape index (κ1) is 29.2. The number of hydrogen-bond acceptors (Lipinski definition) is 2. The van der Waals surface area contributed by atoms with Crippen molar-refractivity contribution in [3.8, 4) is 22.3 Å². The molecular formula is C44H33NS. The Kier molecular flexibility index (Phi) is 8.89. The summed E-state index contributed by atoms with van der Waals surface area (Å²) in [6, 6.07) is 60.1. The summed E-state index contributed by atoms with van der Waals surface area (Å²) >= 11 is 1.81. The molecule has 0 aliphatic carbocycles. The van der Waals surface area contributed by atoms with Crippen LogP contribution in [-0.2, 0) is 0 Å². The molecule has 1 nitrogen and oxygen atoms in total. The first-order chi connectivity index (χ1) is 22.8. The van der Waals surface area contributed by atoms with Crippen LogP contribution in [-0.4, -0.2) is 0 Å².